The van der Waals surface area contributed by atoms with E-state index in [9.17, 15) is 26.4 Å². The minimum atomic E-state index is -4.46. The zero-order valence-corrected chi connectivity index (χ0v) is 13.9. The number of aromatic nitrogens is 1. The van der Waals surface area contributed by atoms with Crippen LogP contribution in [-0.4, -0.2) is 24.1 Å². The van der Waals surface area contributed by atoms with Gasteiger partial charge in [0.1, 0.15) is 10.6 Å². The molecule has 0 unspecified atom stereocenters. The van der Waals surface area contributed by atoms with Crippen LogP contribution in [-0.2, 0) is 29.3 Å². The Bertz CT molecular complexity index is 871. The second-order valence-electron chi connectivity index (χ2n) is 5.17. The van der Waals surface area contributed by atoms with Gasteiger partial charge in [-0.15, -0.1) is 0 Å². The molecule has 1 aromatic carbocycles. The average Bonchev–Trinajstić information content (AvgIpc) is 2.98. The Kier molecular flexibility index (Phi) is 5.23. The van der Waals surface area contributed by atoms with Crippen molar-refractivity contribution in [3.63, 3.8) is 0 Å². The lowest BCUT2D eigenvalue weighted by molar-refractivity contribution is -0.137. The topological polar surface area (TPSA) is 88.4 Å². The van der Waals surface area contributed by atoms with Gasteiger partial charge in [-0.3, -0.25) is 0 Å². The van der Waals surface area contributed by atoms with Gasteiger partial charge in [-0.1, -0.05) is 12.1 Å². The van der Waals surface area contributed by atoms with Crippen LogP contribution < -0.4 is 4.72 Å². The van der Waals surface area contributed by atoms with E-state index in [0.717, 1.165) is 18.2 Å². The lowest BCUT2D eigenvalue weighted by Crippen LogP contribution is -2.23. The number of hydrogen-bond acceptors (Lipinski definition) is 3. The number of sulfonamides is 1. The van der Waals surface area contributed by atoms with Crippen molar-refractivity contribution in [2.45, 2.75) is 31.1 Å². The van der Waals surface area contributed by atoms with Crippen LogP contribution in [0.25, 0.3) is 0 Å². The minimum absolute atomic E-state index is 0.169. The summed E-state index contributed by atoms with van der Waals surface area (Å²) in [4.78, 5) is 10.9. The summed E-state index contributed by atoms with van der Waals surface area (Å²) in [5.41, 5.74) is -0.660. The minimum Gasteiger partial charge on any atom is -0.477 e. The van der Waals surface area contributed by atoms with Crippen molar-refractivity contribution in [2.24, 2.45) is 0 Å². The highest BCUT2D eigenvalue weighted by atomic mass is 32.2. The van der Waals surface area contributed by atoms with Crippen molar-refractivity contribution in [2.75, 3.05) is 0 Å². The maximum Gasteiger partial charge on any atom is 0.416 e. The third-order valence-corrected chi connectivity index (χ3v) is 4.86. The molecule has 1 aromatic heterocycles. The van der Waals surface area contributed by atoms with Crippen LogP contribution in [0.2, 0.25) is 0 Å². The Morgan fingerprint density at radius 2 is 1.84 bits per heavy atom. The molecule has 0 saturated heterocycles. The van der Waals surface area contributed by atoms with Gasteiger partial charge >= 0.3 is 12.1 Å². The van der Waals surface area contributed by atoms with Crippen LogP contribution in [0, 0.1) is 0 Å². The van der Waals surface area contributed by atoms with Gasteiger partial charge in [0.25, 0.3) is 0 Å². The molecular formula is C15H15F3N2O4S. The maximum atomic E-state index is 12.5. The van der Waals surface area contributed by atoms with Gasteiger partial charge in [0.15, 0.2) is 0 Å². The molecule has 0 saturated carbocycles. The molecular weight excluding hydrogens is 361 g/mol. The molecule has 10 heteroatoms. The highest BCUT2D eigenvalue weighted by molar-refractivity contribution is 7.89. The number of carboxylic acid groups (broad SMARTS) is 1. The van der Waals surface area contributed by atoms with E-state index in [1.807, 2.05) is 0 Å². The van der Waals surface area contributed by atoms with E-state index in [1.165, 1.54) is 22.9 Å². The molecule has 6 nitrogen and oxygen atoms in total. The molecule has 2 N–H and O–H groups in total. The van der Waals surface area contributed by atoms with Gasteiger partial charge < -0.3 is 9.67 Å². The SMILES string of the molecule is CCn1cc(S(=O)(=O)NCc2ccc(C(F)(F)F)cc2)cc1C(=O)O. The van der Waals surface area contributed by atoms with Crippen molar-refractivity contribution < 1.29 is 31.5 Å². The standard InChI is InChI=1S/C15H15F3N2O4S/c1-2-20-9-12(7-13(20)14(21)22)25(23,24)19-8-10-3-5-11(6-4-10)15(16,17)18/h3-7,9,19H,2,8H2,1H3,(H,21,22). The molecule has 2 aromatic rings. The number of carbonyl (C=O) groups is 1. The van der Waals surface area contributed by atoms with Gasteiger partial charge in [-0.2, -0.15) is 13.2 Å². The van der Waals surface area contributed by atoms with Crippen LogP contribution in [0.5, 0.6) is 0 Å². The van der Waals surface area contributed by atoms with Crippen LogP contribution in [0.3, 0.4) is 0 Å². The van der Waals surface area contributed by atoms with Crippen molar-refractivity contribution in [1.29, 1.82) is 0 Å². The highest BCUT2D eigenvalue weighted by Crippen LogP contribution is 2.29. The quantitative estimate of drug-likeness (QED) is 0.811. The lowest BCUT2D eigenvalue weighted by atomic mass is 10.1. The molecule has 0 radical (unpaired) electrons. The van der Waals surface area contributed by atoms with Crippen molar-refractivity contribution in [3.8, 4) is 0 Å². The number of aryl methyl sites for hydroxylation is 1. The predicted molar refractivity (Wildman–Crippen MR) is 82.5 cm³/mol. The molecule has 0 aliphatic heterocycles. The van der Waals surface area contributed by atoms with Crippen LogP contribution >= 0.6 is 0 Å². The summed E-state index contributed by atoms with van der Waals surface area (Å²) in [5, 5.41) is 9.05. The fraction of sp³-hybridized carbons (Fsp3) is 0.267. The maximum absolute atomic E-state index is 12.5. The van der Waals surface area contributed by atoms with E-state index in [2.05, 4.69) is 4.72 Å². The van der Waals surface area contributed by atoms with Crippen LogP contribution in [0.1, 0.15) is 28.5 Å². The Balaban J connectivity index is 2.15. The average molecular weight is 376 g/mol. The number of nitrogens with zero attached hydrogens (tertiary/aromatic N) is 1. The van der Waals surface area contributed by atoms with Crippen LogP contribution in [0.15, 0.2) is 41.4 Å². The Labute approximate surface area is 141 Å². The molecule has 25 heavy (non-hydrogen) atoms. The summed E-state index contributed by atoms with van der Waals surface area (Å²) in [6.07, 6.45) is -3.27. The Morgan fingerprint density at radius 1 is 1.24 bits per heavy atom. The number of alkyl halides is 3. The van der Waals surface area contributed by atoms with E-state index >= 15 is 0 Å². The summed E-state index contributed by atoms with van der Waals surface area (Å²) < 4.78 is 65.5. The molecule has 0 aliphatic carbocycles. The zero-order chi connectivity index (χ0) is 18.8. The number of aromatic carboxylic acids is 1. The van der Waals surface area contributed by atoms with Gasteiger partial charge in [-0.25, -0.2) is 17.9 Å². The fourth-order valence-electron chi connectivity index (χ4n) is 2.14. The third kappa shape index (κ3) is 4.40. The van der Waals surface area contributed by atoms with Gasteiger partial charge in [0.05, 0.1) is 5.56 Å². The van der Waals surface area contributed by atoms with Crippen molar-refractivity contribution in [1.82, 2.24) is 9.29 Å². The molecule has 2 rings (SSSR count). The van der Waals surface area contributed by atoms with E-state index in [-0.39, 0.29) is 23.7 Å². The largest absolute Gasteiger partial charge is 0.477 e. The molecule has 1 heterocycles. The second kappa shape index (κ2) is 6.89. The molecule has 0 atom stereocenters. The lowest BCUT2D eigenvalue weighted by Gasteiger charge is -2.08. The number of carboxylic acids is 1. The van der Waals surface area contributed by atoms with Crippen molar-refractivity contribution in [3.05, 3.63) is 53.3 Å². The molecule has 0 fully saturated rings. The summed E-state index contributed by atoms with van der Waals surface area (Å²) in [6, 6.07) is 5.09. The first-order valence-corrected chi connectivity index (χ1v) is 8.62. The summed E-state index contributed by atoms with van der Waals surface area (Å²) in [7, 11) is -4.00. The van der Waals surface area contributed by atoms with E-state index < -0.39 is 27.7 Å². The molecule has 0 spiro atoms. The summed E-state index contributed by atoms with van der Waals surface area (Å²) in [6.45, 7) is 1.72. The number of hydrogen-bond donors (Lipinski definition) is 2. The number of rotatable bonds is 6. The van der Waals surface area contributed by atoms with Gasteiger partial charge in [0.2, 0.25) is 10.0 Å². The number of nitrogens with one attached hydrogen (secondary N) is 1. The smallest absolute Gasteiger partial charge is 0.416 e. The summed E-state index contributed by atoms with van der Waals surface area (Å²) in [5.74, 6) is -1.26. The summed E-state index contributed by atoms with van der Waals surface area (Å²) >= 11 is 0. The molecule has 0 aliphatic rings. The zero-order valence-electron chi connectivity index (χ0n) is 13.0. The molecule has 0 amide bonds. The Morgan fingerprint density at radius 3 is 2.28 bits per heavy atom. The first-order valence-electron chi connectivity index (χ1n) is 7.14. The van der Waals surface area contributed by atoms with Gasteiger partial charge in [0, 0.05) is 19.3 Å². The Hall–Kier alpha value is -2.33. The van der Waals surface area contributed by atoms with Crippen molar-refractivity contribution >= 4 is 16.0 Å². The van der Waals surface area contributed by atoms with E-state index in [4.69, 9.17) is 5.11 Å². The van der Waals surface area contributed by atoms with E-state index in [0.29, 0.717) is 5.56 Å². The monoisotopic (exact) mass is 376 g/mol. The van der Waals surface area contributed by atoms with Gasteiger partial charge in [-0.05, 0) is 30.7 Å². The first kappa shape index (κ1) is 19.0. The van der Waals surface area contributed by atoms with E-state index in [1.54, 1.807) is 6.92 Å². The predicted octanol–water partition coefficient (Wildman–Crippen LogP) is 2.70. The molecule has 0 bridgehead atoms. The first-order chi connectivity index (χ1) is 11.5. The third-order valence-electron chi connectivity index (χ3n) is 3.49. The molecule has 136 valence electrons. The number of halogens is 3. The van der Waals surface area contributed by atoms with Crippen LogP contribution in [0.4, 0.5) is 13.2 Å². The fourth-order valence-corrected chi connectivity index (χ4v) is 3.20. The normalized spacial score (nSPS) is 12.3. The highest BCUT2D eigenvalue weighted by Gasteiger charge is 2.30. The second-order valence-corrected chi connectivity index (χ2v) is 6.94. The number of benzene rings is 1.